The highest BCUT2D eigenvalue weighted by Crippen LogP contribution is 2.22. The number of aromatic nitrogens is 2. The Morgan fingerprint density at radius 1 is 1.29 bits per heavy atom. The Morgan fingerprint density at radius 3 is 2.82 bits per heavy atom. The summed E-state index contributed by atoms with van der Waals surface area (Å²) in [5, 5.41) is 2.89. The van der Waals surface area contributed by atoms with Crippen LogP contribution in [0, 0.1) is 12.7 Å². The SMILES string of the molecule is Cc1cccc(F)c1Nc1ccnc(NN)n1. The molecule has 5 nitrogen and oxygen atoms in total. The molecule has 0 aliphatic rings. The summed E-state index contributed by atoms with van der Waals surface area (Å²) in [6.07, 6.45) is 1.53. The van der Waals surface area contributed by atoms with Crippen LogP contribution in [0.3, 0.4) is 0 Å². The number of para-hydroxylation sites is 1. The van der Waals surface area contributed by atoms with Crippen LogP contribution < -0.4 is 16.6 Å². The molecule has 0 bridgehead atoms. The van der Waals surface area contributed by atoms with E-state index in [1.165, 1.54) is 12.3 Å². The third-order valence-electron chi connectivity index (χ3n) is 2.26. The van der Waals surface area contributed by atoms with E-state index in [-0.39, 0.29) is 11.8 Å². The van der Waals surface area contributed by atoms with E-state index in [1.807, 2.05) is 13.0 Å². The second-order valence-electron chi connectivity index (χ2n) is 3.47. The van der Waals surface area contributed by atoms with Crippen LogP contribution in [0.5, 0.6) is 0 Å². The number of nitrogens with two attached hydrogens (primary N) is 1. The third kappa shape index (κ3) is 2.48. The van der Waals surface area contributed by atoms with Crippen LogP contribution in [0.1, 0.15) is 5.56 Å². The molecule has 88 valence electrons. The monoisotopic (exact) mass is 233 g/mol. The smallest absolute Gasteiger partial charge is 0.239 e. The predicted octanol–water partition coefficient (Wildman–Crippen LogP) is 1.95. The van der Waals surface area contributed by atoms with Crippen LogP contribution in [0.25, 0.3) is 0 Å². The molecule has 17 heavy (non-hydrogen) atoms. The number of hydrogen-bond donors (Lipinski definition) is 3. The van der Waals surface area contributed by atoms with Crippen LogP contribution in [0.15, 0.2) is 30.5 Å². The van der Waals surface area contributed by atoms with Crippen molar-refractivity contribution in [2.75, 3.05) is 10.7 Å². The standard InChI is InChI=1S/C11H12FN5/c1-7-3-2-4-8(12)10(7)15-9-5-6-14-11(16-9)17-13/h2-6H,13H2,1H3,(H2,14,15,16,17). The normalized spacial score (nSPS) is 10.1. The molecule has 6 heteroatoms. The fourth-order valence-corrected chi connectivity index (χ4v) is 1.42. The summed E-state index contributed by atoms with van der Waals surface area (Å²) in [6, 6.07) is 6.49. The van der Waals surface area contributed by atoms with Crippen LogP contribution >= 0.6 is 0 Å². The van der Waals surface area contributed by atoms with E-state index in [2.05, 4.69) is 20.7 Å². The highest BCUT2D eigenvalue weighted by molar-refractivity contribution is 5.61. The Morgan fingerprint density at radius 2 is 2.12 bits per heavy atom. The van der Waals surface area contributed by atoms with Crippen molar-refractivity contribution in [3.05, 3.63) is 41.8 Å². The molecular formula is C11H12FN5. The molecule has 0 atom stereocenters. The Balaban J connectivity index is 2.31. The lowest BCUT2D eigenvalue weighted by atomic mass is 10.2. The Labute approximate surface area is 97.9 Å². The van der Waals surface area contributed by atoms with Gasteiger partial charge in [0.05, 0.1) is 5.69 Å². The largest absolute Gasteiger partial charge is 0.337 e. The first-order valence-electron chi connectivity index (χ1n) is 5.02. The number of nitrogens with zero attached hydrogens (tertiary/aromatic N) is 2. The molecule has 0 fully saturated rings. The fraction of sp³-hybridized carbons (Fsp3) is 0.0909. The number of halogens is 1. The molecule has 1 heterocycles. The van der Waals surface area contributed by atoms with Crippen LogP contribution in [0.4, 0.5) is 21.8 Å². The van der Waals surface area contributed by atoms with E-state index in [4.69, 9.17) is 5.84 Å². The summed E-state index contributed by atoms with van der Waals surface area (Å²) in [4.78, 5) is 7.91. The molecule has 0 spiro atoms. The zero-order valence-electron chi connectivity index (χ0n) is 9.24. The maximum absolute atomic E-state index is 13.6. The van der Waals surface area contributed by atoms with Crippen LogP contribution in [-0.4, -0.2) is 9.97 Å². The molecule has 0 aliphatic heterocycles. The van der Waals surface area contributed by atoms with E-state index in [9.17, 15) is 4.39 Å². The minimum absolute atomic E-state index is 0.268. The molecule has 4 N–H and O–H groups in total. The summed E-state index contributed by atoms with van der Waals surface area (Å²) in [7, 11) is 0. The van der Waals surface area contributed by atoms with Crippen molar-refractivity contribution in [2.45, 2.75) is 6.92 Å². The molecule has 0 radical (unpaired) electrons. The second kappa shape index (κ2) is 4.75. The van der Waals surface area contributed by atoms with Crippen molar-refractivity contribution in [2.24, 2.45) is 5.84 Å². The minimum atomic E-state index is -0.328. The van der Waals surface area contributed by atoms with Gasteiger partial charge in [0.25, 0.3) is 0 Å². The van der Waals surface area contributed by atoms with E-state index in [0.717, 1.165) is 5.56 Å². The Kier molecular flexibility index (Phi) is 3.15. The van der Waals surface area contributed by atoms with Crippen molar-refractivity contribution >= 4 is 17.5 Å². The second-order valence-corrected chi connectivity index (χ2v) is 3.47. The highest BCUT2D eigenvalue weighted by Gasteiger charge is 2.06. The number of benzene rings is 1. The first-order valence-corrected chi connectivity index (χ1v) is 5.02. The Hall–Kier alpha value is -2.21. The number of aryl methyl sites for hydroxylation is 1. The van der Waals surface area contributed by atoms with Crippen molar-refractivity contribution < 1.29 is 4.39 Å². The van der Waals surface area contributed by atoms with Gasteiger partial charge < -0.3 is 5.32 Å². The lowest BCUT2D eigenvalue weighted by molar-refractivity contribution is 0.631. The molecule has 0 unspecified atom stereocenters. The highest BCUT2D eigenvalue weighted by atomic mass is 19.1. The average molecular weight is 233 g/mol. The number of rotatable bonds is 3. The number of hydrazine groups is 1. The molecule has 0 saturated carbocycles. The molecule has 1 aromatic heterocycles. The third-order valence-corrected chi connectivity index (χ3v) is 2.26. The summed E-state index contributed by atoms with van der Waals surface area (Å²) in [5.74, 6) is 5.61. The van der Waals surface area contributed by atoms with Crippen LogP contribution in [-0.2, 0) is 0 Å². The van der Waals surface area contributed by atoms with Gasteiger partial charge in [0.1, 0.15) is 11.6 Å². The van der Waals surface area contributed by atoms with Gasteiger partial charge in [0, 0.05) is 6.20 Å². The van der Waals surface area contributed by atoms with Crippen molar-refractivity contribution in [1.82, 2.24) is 9.97 Å². The van der Waals surface area contributed by atoms with Gasteiger partial charge in [-0.1, -0.05) is 12.1 Å². The summed E-state index contributed by atoms with van der Waals surface area (Å²) in [6.45, 7) is 1.81. The molecule has 0 aliphatic carbocycles. The van der Waals surface area contributed by atoms with Crippen LogP contribution in [0.2, 0.25) is 0 Å². The van der Waals surface area contributed by atoms with E-state index < -0.39 is 0 Å². The zero-order valence-corrected chi connectivity index (χ0v) is 9.24. The van der Waals surface area contributed by atoms with Gasteiger partial charge in [0.15, 0.2) is 0 Å². The molecule has 2 aromatic rings. The predicted molar refractivity (Wildman–Crippen MR) is 64.3 cm³/mol. The lowest BCUT2D eigenvalue weighted by Crippen LogP contribution is -2.11. The number of nitrogen functional groups attached to an aromatic ring is 1. The minimum Gasteiger partial charge on any atom is -0.337 e. The van der Waals surface area contributed by atoms with E-state index in [1.54, 1.807) is 12.1 Å². The van der Waals surface area contributed by atoms with Gasteiger partial charge in [-0.2, -0.15) is 4.98 Å². The van der Waals surface area contributed by atoms with Crippen molar-refractivity contribution in [3.63, 3.8) is 0 Å². The van der Waals surface area contributed by atoms with Crippen molar-refractivity contribution in [3.8, 4) is 0 Å². The van der Waals surface area contributed by atoms with Crippen molar-refractivity contribution in [1.29, 1.82) is 0 Å². The summed E-state index contributed by atoms with van der Waals surface area (Å²) < 4.78 is 13.6. The first-order chi connectivity index (χ1) is 8.20. The zero-order chi connectivity index (χ0) is 12.3. The number of nitrogens with one attached hydrogen (secondary N) is 2. The summed E-state index contributed by atoms with van der Waals surface area (Å²) >= 11 is 0. The van der Waals surface area contributed by atoms with Gasteiger partial charge in [-0.3, -0.25) is 5.43 Å². The van der Waals surface area contributed by atoms with Gasteiger partial charge in [-0.25, -0.2) is 15.2 Å². The molecule has 0 amide bonds. The molecule has 2 rings (SSSR count). The topological polar surface area (TPSA) is 75.9 Å². The maximum Gasteiger partial charge on any atom is 0.239 e. The Bertz CT molecular complexity index is 509. The molecule has 0 saturated heterocycles. The number of anilines is 3. The van der Waals surface area contributed by atoms with E-state index >= 15 is 0 Å². The number of hydrogen-bond acceptors (Lipinski definition) is 5. The van der Waals surface area contributed by atoms with Gasteiger partial charge in [0.2, 0.25) is 5.95 Å². The molecular weight excluding hydrogens is 221 g/mol. The maximum atomic E-state index is 13.6. The van der Waals surface area contributed by atoms with Gasteiger partial charge in [-0.15, -0.1) is 0 Å². The summed E-state index contributed by atoms with van der Waals surface area (Å²) in [5.41, 5.74) is 3.52. The fourth-order valence-electron chi connectivity index (χ4n) is 1.42. The molecule has 1 aromatic carbocycles. The van der Waals surface area contributed by atoms with Gasteiger partial charge in [-0.05, 0) is 24.6 Å². The quantitative estimate of drug-likeness (QED) is 0.558. The first kappa shape index (κ1) is 11.3. The van der Waals surface area contributed by atoms with E-state index in [0.29, 0.717) is 11.5 Å². The lowest BCUT2D eigenvalue weighted by Gasteiger charge is -2.10. The average Bonchev–Trinajstić information content (AvgIpc) is 2.34. The van der Waals surface area contributed by atoms with Gasteiger partial charge >= 0.3 is 0 Å².